The summed E-state index contributed by atoms with van der Waals surface area (Å²) < 4.78 is 43.2. The first-order valence-electron chi connectivity index (χ1n) is 9.05. The first-order chi connectivity index (χ1) is 13.5. The van der Waals surface area contributed by atoms with Crippen LogP contribution in [0.4, 0.5) is 18.9 Å². The van der Waals surface area contributed by atoms with E-state index in [1.807, 2.05) is 11.0 Å². The summed E-state index contributed by atoms with van der Waals surface area (Å²) in [4.78, 5) is 6.21. The van der Waals surface area contributed by atoms with Gasteiger partial charge in [-0.3, -0.25) is 4.99 Å². The molecule has 0 radical (unpaired) electrons. The van der Waals surface area contributed by atoms with Crippen molar-refractivity contribution in [1.82, 2.24) is 10.6 Å². The molecule has 0 aromatic heterocycles. The minimum atomic E-state index is -2.86. The second-order valence-electron chi connectivity index (χ2n) is 6.48. The van der Waals surface area contributed by atoms with Crippen LogP contribution < -0.4 is 20.3 Å². The minimum absolute atomic E-state index is 0.0957. The number of nitrogens with zero attached hydrogens (tertiary/aromatic N) is 2. The van der Waals surface area contributed by atoms with Crippen LogP contribution in [0.5, 0.6) is 5.75 Å². The van der Waals surface area contributed by atoms with Crippen molar-refractivity contribution >= 4 is 11.6 Å². The molecule has 0 saturated carbocycles. The van der Waals surface area contributed by atoms with E-state index in [0.717, 1.165) is 12.0 Å². The maximum atomic E-state index is 13.3. The molecule has 1 aliphatic rings. The molecular formula is C20H23F3N4O. The summed E-state index contributed by atoms with van der Waals surface area (Å²) in [6.45, 7) is -1.07. The number of para-hydroxylation sites is 2. The number of ether oxygens (including phenoxy) is 1. The third-order valence-electron chi connectivity index (χ3n) is 4.52. The second kappa shape index (κ2) is 9.34. The van der Waals surface area contributed by atoms with E-state index in [1.54, 1.807) is 37.4 Å². The fourth-order valence-electron chi connectivity index (χ4n) is 3.23. The Labute approximate surface area is 162 Å². The van der Waals surface area contributed by atoms with Gasteiger partial charge in [0.25, 0.3) is 0 Å². The summed E-state index contributed by atoms with van der Waals surface area (Å²) in [6, 6.07) is 13.3. The average molecular weight is 392 g/mol. The largest absolute Gasteiger partial charge is 0.433 e. The molecule has 2 aromatic rings. The monoisotopic (exact) mass is 392 g/mol. The maximum absolute atomic E-state index is 13.3. The molecule has 8 heteroatoms. The van der Waals surface area contributed by atoms with Gasteiger partial charge in [-0.1, -0.05) is 24.3 Å². The van der Waals surface area contributed by atoms with E-state index >= 15 is 0 Å². The fraction of sp³-hybridized carbons (Fsp3) is 0.350. The summed E-state index contributed by atoms with van der Waals surface area (Å²) in [5.74, 6) is 0.498. The number of hydrogen-bond acceptors (Lipinski definition) is 3. The Morgan fingerprint density at radius 3 is 2.82 bits per heavy atom. The normalized spacial score (nSPS) is 17.1. The van der Waals surface area contributed by atoms with Gasteiger partial charge in [-0.2, -0.15) is 8.78 Å². The highest BCUT2D eigenvalue weighted by Gasteiger charge is 2.26. The molecule has 0 amide bonds. The van der Waals surface area contributed by atoms with Gasteiger partial charge in [0.05, 0.1) is 5.69 Å². The molecule has 1 fully saturated rings. The summed E-state index contributed by atoms with van der Waals surface area (Å²) in [5, 5.41) is 6.49. The topological polar surface area (TPSA) is 48.9 Å². The predicted molar refractivity (Wildman–Crippen MR) is 103 cm³/mol. The number of guanidine groups is 1. The van der Waals surface area contributed by atoms with Gasteiger partial charge < -0.3 is 20.3 Å². The van der Waals surface area contributed by atoms with Crippen LogP contribution in [0.3, 0.4) is 0 Å². The van der Waals surface area contributed by atoms with Gasteiger partial charge in [0.15, 0.2) is 5.96 Å². The summed E-state index contributed by atoms with van der Waals surface area (Å²) in [6.07, 6.45) is 0.823. The Morgan fingerprint density at radius 1 is 1.25 bits per heavy atom. The van der Waals surface area contributed by atoms with Gasteiger partial charge >= 0.3 is 6.61 Å². The van der Waals surface area contributed by atoms with Gasteiger partial charge in [0.2, 0.25) is 0 Å². The van der Waals surface area contributed by atoms with Crippen LogP contribution in [-0.4, -0.2) is 38.8 Å². The highest BCUT2D eigenvalue weighted by atomic mass is 19.3. The molecule has 1 heterocycles. The summed E-state index contributed by atoms with van der Waals surface area (Å²) in [5.41, 5.74) is 1.46. The van der Waals surface area contributed by atoms with Crippen molar-refractivity contribution in [2.75, 3.05) is 25.0 Å². The molecule has 1 saturated heterocycles. The summed E-state index contributed by atoms with van der Waals surface area (Å²) >= 11 is 0. The number of anilines is 1. The first-order valence-corrected chi connectivity index (χ1v) is 9.05. The number of alkyl halides is 2. The summed E-state index contributed by atoms with van der Waals surface area (Å²) in [7, 11) is 1.67. The van der Waals surface area contributed by atoms with Crippen LogP contribution in [0.2, 0.25) is 0 Å². The quantitative estimate of drug-likeness (QED) is 0.585. The SMILES string of the molecule is CN=C(NCc1cccc(F)c1)NC1CCN(c2ccccc2OC(F)F)C1. The lowest BCUT2D eigenvalue weighted by Crippen LogP contribution is -2.44. The van der Waals surface area contributed by atoms with Crippen molar-refractivity contribution in [3.63, 3.8) is 0 Å². The molecule has 1 aliphatic heterocycles. The Kier molecular flexibility index (Phi) is 6.62. The van der Waals surface area contributed by atoms with Crippen LogP contribution in [0.15, 0.2) is 53.5 Å². The maximum Gasteiger partial charge on any atom is 0.387 e. The van der Waals surface area contributed by atoms with E-state index in [2.05, 4.69) is 20.4 Å². The molecule has 1 atom stereocenters. The van der Waals surface area contributed by atoms with Crippen LogP contribution in [0, 0.1) is 5.82 Å². The van der Waals surface area contributed by atoms with Gasteiger partial charge in [0, 0.05) is 32.7 Å². The molecule has 1 unspecified atom stereocenters. The molecule has 28 heavy (non-hydrogen) atoms. The van der Waals surface area contributed by atoms with E-state index in [9.17, 15) is 13.2 Å². The minimum Gasteiger partial charge on any atom is -0.433 e. The molecule has 0 aliphatic carbocycles. The smallest absolute Gasteiger partial charge is 0.387 e. The lowest BCUT2D eigenvalue weighted by atomic mass is 10.2. The van der Waals surface area contributed by atoms with E-state index in [4.69, 9.17) is 0 Å². The van der Waals surface area contributed by atoms with E-state index < -0.39 is 6.61 Å². The Hall–Kier alpha value is -2.90. The van der Waals surface area contributed by atoms with E-state index in [0.29, 0.717) is 31.3 Å². The number of aliphatic imine (C=N–C) groups is 1. The van der Waals surface area contributed by atoms with Crippen molar-refractivity contribution in [1.29, 1.82) is 0 Å². The molecule has 150 valence electrons. The van der Waals surface area contributed by atoms with Crippen LogP contribution in [0.25, 0.3) is 0 Å². The fourth-order valence-corrected chi connectivity index (χ4v) is 3.23. The molecule has 2 aromatic carbocycles. The third-order valence-corrected chi connectivity index (χ3v) is 4.52. The van der Waals surface area contributed by atoms with Crippen LogP contribution in [-0.2, 0) is 6.54 Å². The first kappa shape index (κ1) is 19.9. The number of halogens is 3. The van der Waals surface area contributed by atoms with Gasteiger partial charge in [-0.05, 0) is 36.2 Å². The van der Waals surface area contributed by atoms with Gasteiger partial charge in [0.1, 0.15) is 11.6 Å². The standard InChI is InChI=1S/C20H23F3N4O/c1-24-20(25-12-14-5-4-6-15(21)11-14)26-16-9-10-27(13-16)17-7-2-3-8-18(17)28-19(22)23/h2-8,11,16,19H,9-10,12-13H2,1H3,(H2,24,25,26). The zero-order valence-electron chi connectivity index (χ0n) is 15.5. The number of nitrogens with one attached hydrogen (secondary N) is 2. The van der Waals surface area contributed by atoms with Crippen molar-refractivity contribution in [3.8, 4) is 5.75 Å². The number of hydrogen-bond donors (Lipinski definition) is 2. The predicted octanol–water partition coefficient (Wildman–Crippen LogP) is 3.37. The zero-order chi connectivity index (χ0) is 19.9. The lowest BCUT2D eigenvalue weighted by molar-refractivity contribution is -0.0495. The molecule has 2 N–H and O–H groups in total. The van der Waals surface area contributed by atoms with Crippen molar-refractivity contribution in [3.05, 3.63) is 59.9 Å². The van der Waals surface area contributed by atoms with Crippen LogP contribution >= 0.6 is 0 Å². The molecular weight excluding hydrogens is 369 g/mol. The number of benzene rings is 2. The van der Waals surface area contributed by atoms with Crippen molar-refractivity contribution in [2.45, 2.75) is 25.6 Å². The molecule has 5 nitrogen and oxygen atoms in total. The molecule has 0 spiro atoms. The molecule has 3 rings (SSSR count). The van der Waals surface area contributed by atoms with E-state index in [1.165, 1.54) is 12.1 Å². The number of rotatable bonds is 6. The highest BCUT2D eigenvalue weighted by Crippen LogP contribution is 2.31. The zero-order valence-corrected chi connectivity index (χ0v) is 15.5. The van der Waals surface area contributed by atoms with Crippen LogP contribution in [0.1, 0.15) is 12.0 Å². The van der Waals surface area contributed by atoms with Crippen molar-refractivity contribution in [2.24, 2.45) is 4.99 Å². The Morgan fingerprint density at radius 2 is 2.07 bits per heavy atom. The second-order valence-corrected chi connectivity index (χ2v) is 6.48. The van der Waals surface area contributed by atoms with Gasteiger partial charge in [-0.15, -0.1) is 0 Å². The molecule has 0 bridgehead atoms. The van der Waals surface area contributed by atoms with Gasteiger partial charge in [-0.25, -0.2) is 4.39 Å². The Balaban J connectivity index is 1.56. The highest BCUT2D eigenvalue weighted by molar-refractivity contribution is 5.80. The average Bonchev–Trinajstić information content (AvgIpc) is 3.13. The third kappa shape index (κ3) is 5.31. The van der Waals surface area contributed by atoms with E-state index in [-0.39, 0.29) is 17.6 Å². The Bertz CT molecular complexity index is 816. The lowest BCUT2D eigenvalue weighted by Gasteiger charge is -2.22. The van der Waals surface area contributed by atoms with Crippen molar-refractivity contribution < 1.29 is 17.9 Å².